The number of oxazole rings is 1. The zero-order valence-electron chi connectivity index (χ0n) is 16.2. The molecule has 1 fully saturated rings. The predicted molar refractivity (Wildman–Crippen MR) is 110 cm³/mol. The summed E-state index contributed by atoms with van der Waals surface area (Å²) in [5.41, 5.74) is 5.83. The van der Waals surface area contributed by atoms with Crippen LogP contribution in [0.3, 0.4) is 0 Å². The van der Waals surface area contributed by atoms with E-state index in [4.69, 9.17) is 4.42 Å². The standard InChI is InChI=1S/C23H23N3O2/c1-14-11-15(2)17-13-20(24-19(17)12-14)23(27)26-9-7-16(8-10-26)22-25-18-5-3-4-6-21(18)28-22/h3-6,11-13,16,24H,7-10H2,1-2H3. The van der Waals surface area contributed by atoms with Crippen LogP contribution < -0.4 is 0 Å². The molecule has 5 nitrogen and oxygen atoms in total. The van der Waals surface area contributed by atoms with Gasteiger partial charge in [-0.1, -0.05) is 18.2 Å². The minimum absolute atomic E-state index is 0.0734. The number of aryl methyl sites for hydroxylation is 2. The highest BCUT2D eigenvalue weighted by Crippen LogP contribution is 2.31. The van der Waals surface area contributed by atoms with E-state index in [1.54, 1.807) is 0 Å². The summed E-state index contributed by atoms with van der Waals surface area (Å²) in [6, 6.07) is 14.1. The first-order valence-electron chi connectivity index (χ1n) is 9.83. The number of benzene rings is 2. The molecule has 0 aliphatic carbocycles. The minimum Gasteiger partial charge on any atom is -0.440 e. The number of amides is 1. The second kappa shape index (κ2) is 6.51. The molecular weight excluding hydrogens is 350 g/mol. The quantitative estimate of drug-likeness (QED) is 0.541. The number of hydrogen-bond acceptors (Lipinski definition) is 3. The number of rotatable bonds is 2. The van der Waals surface area contributed by atoms with Gasteiger partial charge >= 0.3 is 0 Å². The number of H-pyrrole nitrogens is 1. The van der Waals surface area contributed by atoms with Gasteiger partial charge < -0.3 is 14.3 Å². The molecule has 0 unspecified atom stereocenters. The maximum absolute atomic E-state index is 13.0. The molecule has 2 aromatic heterocycles. The molecule has 0 bridgehead atoms. The first-order chi connectivity index (χ1) is 13.6. The topological polar surface area (TPSA) is 62.1 Å². The molecule has 2 aromatic carbocycles. The third-order valence-corrected chi connectivity index (χ3v) is 5.76. The molecule has 5 rings (SSSR count). The summed E-state index contributed by atoms with van der Waals surface area (Å²) >= 11 is 0. The number of likely N-dealkylation sites (tertiary alicyclic amines) is 1. The van der Waals surface area contributed by atoms with Crippen molar-refractivity contribution in [3.8, 4) is 0 Å². The van der Waals surface area contributed by atoms with Crippen LogP contribution in [0.1, 0.15) is 46.3 Å². The lowest BCUT2D eigenvalue weighted by molar-refractivity contribution is 0.0702. The smallest absolute Gasteiger partial charge is 0.270 e. The lowest BCUT2D eigenvalue weighted by Crippen LogP contribution is -2.38. The lowest BCUT2D eigenvalue weighted by Gasteiger charge is -2.30. The molecule has 5 heteroatoms. The third-order valence-electron chi connectivity index (χ3n) is 5.76. The Hall–Kier alpha value is -3.08. The van der Waals surface area contributed by atoms with Crippen molar-refractivity contribution >= 4 is 27.9 Å². The van der Waals surface area contributed by atoms with Crippen LogP contribution in [-0.2, 0) is 0 Å². The van der Waals surface area contributed by atoms with Gasteiger partial charge in [-0.3, -0.25) is 4.79 Å². The molecular formula is C23H23N3O2. The zero-order valence-corrected chi connectivity index (χ0v) is 16.2. The first-order valence-corrected chi connectivity index (χ1v) is 9.83. The van der Waals surface area contributed by atoms with E-state index in [0.717, 1.165) is 53.8 Å². The fraction of sp³-hybridized carbons (Fsp3) is 0.304. The Balaban J connectivity index is 1.32. The number of nitrogens with one attached hydrogen (secondary N) is 1. The first kappa shape index (κ1) is 17.0. The van der Waals surface area contributed by atoms with Crippen LogP contribution in [0.4, 0.5) is 0 Å². The van der Waals surface area contributed by atoms with Crippen molar-refractivity contribution in [3.63, 3.8) is 0 Å². The number of aromatic amines is 1. The van der Waals surface area contributed by atoms with E-state index in [2.05, 4.69) is 35.9 Å². The molecule has 0 spiro atoms. The van der Waals surface area contributed by atoms with Gasteiger partial charge in [0.15, 0.2) is 11.5 Å². The molecule has 3 heterocycles. The Kier molecular flexibility index (Phi) is 3.97. The molecule has 1 amide bonds. The van der Waals surface area contributed by atoms with Crippen LogP contribution >= 0.6 is 0 Å². The lowest BCUT2D eigenvalue weighted by atomic mass is 9.96. The summed E-state index contributed by atoms with van der Waals surface area (Å²) in [4.78, 5) is 22.9. The van der Waals surface area contributed by atoms with Crippen molar-refractivity contribution in [2.24, 2.45) is 0 Å². The van der Waals surface area contributed by atoms with Crippen LogP contribution in [0.2, 0.25) is 0 Å². The van der Waals surface area contributed by atoms with Crippen molar-refractivity contribution in [1.82, 2.24) is 14.9 Å². The molecule has 4 aromatic rings. The SMILES string of the molecule is Cc1cc(C)c2cc(C(=O)N3CCC(c4nc5ccccc5o4)CC3)[nH]c2c1. The normalized spacial score (nSPS) is 15.6. The van der Waals surface area contributed by atoms with Gasteiger partial charge in [0.2, 0.25) is 0 Å². The third kappa shape index (κ3) is 2.87. The Bertz CT molecular complexity index is 1150. The Morgan fingerprint density at radius 2 is 1.93 bits per heavy atom. The van der Waals surface area contributed by atoms with Gasteiger partial charge in [-0.05, 0) is 62.1 Å². The van der Waals surface area contributed by atoms with E-state index in [-0.39, 0.29) is 11.8 Å². The van der Waals surface area contributed by atoms with E-state index in [9.17, 15) is 4.79 Å². The van der Waals surface area contributed by atoms with E-state index in [0.29, 0.717) is 5.69 Å². The van der Waals surface area contributed by atoms with Crippen molar-refractivity contribution < 1.29 is 9.21 Å². The number of nitrogens with zero attached hydrogens (tertiary/aromatic N) is 2. The second-order valence-electron chi connectivity index (χ2n) is 7.81. The van der Waals surface area contributed by atoms with Crippen LogP contribution in [0.25, 0.3) is 22.0 Å². The number of aromatic nitrogens is 2. The highest BCUT2D eigenvalue weighted by molar-refractivity contribution is 5.99. The molecule has 0 saturated carbocycles. The van der Waals surface area contributed by atoms with Crippen LogP contribution in [0, 0.1) is 13.8 Å². The summed E-state index contributed by atoms with van der Waals surface area (Å²) in [7, 11) is 0. The largest absolute Gasteiger partial charge is 0.440 e. The van der Waals surface area contributed by atoms with Crippen LogP contribution in [0.15, 0.2) is 46.9 Å². The van der Waals surface area contributed by atoms with Crippen LogP contribution in [-0.4, -0.2) is 33.9 Å². The highest BCUT2D eigenvalue weighted by atomic mass is 16.3. The molecule has 1 aliphatic rings. The van der Waals surface area contributed by atoms with E-state index < -0.39 is 0 Å². The number of hydrogen-bond donors (Lipinski definition) is 1. The van der Waals surface area contributed by atoms with Gasteiger partial charge in [-0.2, -0.15) is 0 Å². The van der Waals surface area contributed by atoms with E-state index in [1.807, 2.05) is 35.2 Å². The maximum atomic E-state index is 13.0. The summed E-state index contributed by atoms with van der Waals surface area (Å²) in [5.74, 6) is 1.14. The molecule has 142 valence electrons. The van der Waals surface area contributed by atoms with Crippen molar-refractivity contribution in [1.29, 1.82) is 0 Å². The van der Waals surface area contributed by atoms with E-state index >= 15 is 0 Å². The summed E-state index contributed by atoms with van der Waals surface area (Å²) in [5, 5.41) is 1.12. The second-order valence-corrected chi connectivity index (χ2v) is 7.81. The monoisotopic (exact) mass is 373 g/mol. The fourth-order valence-electron chi connectivity index (χ4n) is 4.28. The average Bonchev–Trinajstić information content (AvgIpc) is 3.32. The van der Waals surface area contributed by atoms with Crippen molar-refractivity contribution in [3.05, 3.63) is 65.2 Å². The Labute approximate surface area is 163 Å². The summed E-state index contributed by atoms with van der Waals surface area (Å²) in [6.07, 6.45) is 1.74. The van der Waals surface area contributed by atoms with Crippen molar-refractivity contribution in [2.75, 3.05) is 13.1 Å². The zero-order chi connectivity index (χ0) is 19.3. The number of carbonyl (C=O) groups excluding carboxylic acids is 1. The summed E-state index contributed by atoms with van der Waals surface area (Å²) in [6.45, 7) is 5.60. The van der Waals surface area contributed by atoms with Gasteiger partial charge in [-0.15, -0.1) is 0 Å². The molecule has 0 radical (unpaired) electrons. The van der Waals surface area contributed by atoms with E-state index in [1.165, 1.54) is 11.1 Å². The van der Waals surface area contributed by atoms with Gasteiger partial charge in [0.05, 0.1) is 0 Å². The van der Waals surface area contributed by atoms with Gasteiger partial charge in [0.1, 0.15) is 11.2 Å². The Morgan fingerprint density at radius 3 is 2.71 bits per heavy atom. The number of piperidine rings is 1. The molecule has 0 atom stereocenters. The summed E-state index contributed by atoms with van der Waals surface area (Å²) < 4.78 is 5.93. The number of para-hydroxylation sites is 2. The number of fused-ring (bicyclic) bond motifs is 2. The average molecular weight is 373 g/mol. The predicted octanol–water partition coefficient (Wildman–Crippen LogP) is 4.95. The molecule has 28 heavy (non-hydrogen) atoms. The molecule has 1 aliphatic heterocycles. The molecule has 1 saturated heterocycles. The Morgan fingerprint density at radius 1 is 1.14 bits per heavy atom. The van der Waals surface area contributed by atoms with Gasteiger partial charge in [-0.25, -0.2) is 4.98 Å². The van der Waals surface area contributed by atoms with Crippen molar-refractivity contribution in [2.45, 2.75) is 32.6 Å². The van der Waals surface area contributed by atoms with Gasteiger partial charge in [0.25, 0.3) is 5.91 Å². The fourth-order valence-corrected chi connectivity index (χ4v) is 4.28. The highest BCUT2D eigenvalue weighted by Gasteiger charge is 2.28. The van der Waals surface area contributed by atoms with Gasteiger partial charge in [0, 0.05) is 29.9 Å². The molecule has 1 N–H and O–H groups in total. The van der Waals surface area contributed by atoms with Crippen LogP contribution in [0.5, 0.6) is 0 Å². The minimum atomic E-state index is 0.0734. The number of carbonyl (C=O) groups is 1. The maximum Gasteiger partial charge on any atom is 0.270 e.